The molecule has 0 aliphatic heterocycles. The fourth-order valence-corrected chi connectivity index (χ4v) is 1.18. The van der Waals surface area contributed by atoms with Crippen LogP contribution in [0.1, 0.15) is 0 Å². The van der Waals surface area contributed by atoms with Gasteiger partial charge in [0.1, 0.15) is 0 Å². The molecule has 5 heteroatoms. The number of anilines is 1. The van der Waals surface area contributed by atoms with Crippen molar-refractivity contribution in [2.24, 2.45) is 0 Å². The summed E-state index contributed by atoms with van der Waals surface area (Å²) in [6.45, 7) is 0. The maximum absolute atomic E-state index is 13.1. The maximum Gasteiger partial charge on any atom is 0.183 e. The molecule has 0 bridgehead atoms. The van der Waals surface area contributed by atoms with E-state index in [4.69, 9.17) is 0 Å². The van der Waals surface area contributed by atoms with Gasteiger partial charge < -0.3 is 5.32 Å². The van der Waals surface area contributed by atoms with Crippen molar-refractivity contribution < 1.29 is 4.39 Å². The summed E-state index contributed by atoms with van der Waals surface area (Å²) in [4.78, 5) is 11.9. The number of nitrogens with zero attached hydrogens (tertiary/aromatic N) is 3. The summed E-state index contributed by atoms with van der Waals surface area (Å²) in [7, 11) is 1.61. The molecule has 76 valence electrons. The van der Waals surface area contributed by atoms with Crippen LogP contribution in [0, 0.1) is 5.82 Å². The first-order valence-corrected chi connectivity index (χ1v) is 4.42. The fraction of sp³-hybridized carbons (Fsp3) is 0.100. The maximum atomic E-state index is 13.1. The fourth-order valence-electron chi connectivity index (χ4n) is 1.18. The van der Waals surface area contributed by atoms with E-state index in [0.717, 1.165) is 11.8 Å². The summed E-state index contributed by atoms with van der Waals surface area (Å²) < 4.78 is 13.1. The van der Waals surface area contributed by atoms with E-state index in [1.54, 1.807) is 25.5 Å². The highest BCUT2D eigenvalue weighted by atomic mass is 19.1. The molecule has 2 aromatic rings. The molecule has 2 heterocycles. The Labute approximate surface area is 86.2 Å². The van der Waals surface area contributed by atoms with Gasteiger partial charge in [-0.25, -0.2) is 14.4 Å². The number of pyridine rings is 1. The van der Waals surface area contributed by atoms with Crippen molar-refractivity contribution in [3.05, 3.63) is 36.5 Å². The second-order valence-corrected chi connectivity index (χ2v) is 2.88. The van der Waals surface area contributed by atoms with Crippen molar-refractivity contribution >= 4 is 5.82 Å². The molecule has 0 amide bonds. The topological polar surface area (TPSA) is 50.7 Å². The van der Waals surface area contributed by atoms with Gasteiger partial charge in [-0.15, -0.1) is 0 Å². The molecule has 2 aromatic heterocycles. The van der Waals surface area contributed by atoms with E-state index in [0.29, 0.717) is 5.82 Å². The zero-order chi connectivity index (χ0) is 10.7. The third kappa shape index (κ3) is 1.90. The second kappa shape index (κ2) is 4.00. The van der Waals surface area contributed by atoms with Crippen molar-refractivity contribution in [1.82, 2.24) is 15.0 Å². The molecule has 0 atom stereocenters. The Morgan fingerprint density at radius 3 is 2.87 bits per heavy atom. The molecule has 1 N–H and O–H groups in total. The van der Waals surface area contributed by atoms with Crippen LogP contribution < -0.4 is 5.32 Å². The summed E-state index contributed by atoms with van der Waals surface area (Å²) in [6, 6.07) is 3.60. The molecule has 0 aliphatic carbocycles. The van der Waals surface area contributed by atoms with Gasteiger partial charge in [0.05, 0.1) is 6.20 Å². The summed E-state index contributed by atoms with van der Waals surface area (Å²) in [5, 5.41) is 2.66. The third-order valence-corrected chi connectivity index (χ3v) is 1.90. The summed E-state index contributed by atoms with van der Waals surface area (Å²) in [6.07, 6.45) is 4.43. The molecule has 15 heavy (non-hydrogen) atoms. The van der Waals surface area contributed by atoms with Crippen molar-refractivity contribution in [2.75, 3.05) is 12.4 Å². The van der Waals surface area contributed by atoms with E-state index in [9.17, 15) is 4.39 Å². The van der Waals surface area contributed by atoms with E-state index < -0.39 is 5.82 Å². The minimum Gasteiger partial charge on any atom is -0.371 e. The van der Waals surface area contributed by atoms with Crippen LogP contribution in [0.3, 0.4) is 0 Å². The van der Waals surface area contributed by atoms with Gasteiger partial charge in [0, 0.05) is 25.0 Å². The van der Waals surface area contributed by atoms with Crippen LogP contribution in [0.2, 0.25) is 0 Å². The SMILES string of the molecule is CNc1nc(-c2cccnc2)ncc1F. The van der Waals surface area contributed by atoms with Gasteiger partial charge in [-0.1, -0.05) is 0 Å². The summed E-state index contributed by atoms with van der Waals surface area (Å²) >= 11 is 0. The number of rotatable bonds is 2. The molecule has 0 saturated carbocycles. The van der Waals surface area contributed by atoms with Gasteiger partial charge in [0.2, 0.25) is 0 Å². The van der Waals surface area contributed by atoms with Crippen LogP contribution in [-0.2, 0) is 0 Å². The lowest BCUT2D eigenvalue weighted by atomic mass is 10.3. The van der Waals surface area contributed by atoms with Gasteiger partial charge in [0.15, 0.2) is 17.5 Å². The van der Waals surface area contributed by atoms with Gasteiger partial charge in [-0.05, 0) is 12.1 Å². The zero-order valence-corrected chi connectivity index (χ0v) is 8.11. The molecule has 0 saturated heterocycles. The Hall–Kier alpha value is -2.04. The van der Waals surface area contributed by atoms with Crippen LogP contribution in [0.4, 0.5) is 10.2 Å². The lowest BCUT2D eigenvalue weighted by Gasteiger charge is -2.03. The minimum absolute atomic E-state index is 0.184. The number of hydrogen-bond acceptors (Lipinski definition) is 4. The predicted molar refractivity (Wildman–Crippen MR) is 54.8 cm³/mol. The van der Waals surface area contributed by atoms with Crippen molar-refractivity contribution in [1.29, 1.82) is 0 Å². The number of aromatic nitrogens is 3. The molecule has 0 fully saturated rings. The van der Waals surface area contributed by atoms with Gasteiger partial charge in [-0.3, -0.25) is 4.98 Å². The minimum atomic E-state index is -0.467. The number of halogens is 1. The molecular formula is C10H9FN4. The Morgan fingerprint density at radius 2 is 2.20 bits per heavy atom. The van der Waals surface area contributed by atoms with Crippen molar-refractivity contribution in [3.63, 3.8) is 0 Å². The molecular weight excluding hydrogens is 195 g/mol. The molecule has 4 nitrogen and oxygen atoms in total. The second-order valence-electron chi connectivity index (χ2n) is 2.88. The van der Waals surface area contributed by atoms with Crippen LogP contribution in [-0.4, -0.2) is 22.0 Å². The van der Waals surface area contributed by atoms with E-state index in [1.807, 2.05) is 6.07 Å². The molecule has 0 aromatic carbocycles. The Morgan fingerprint density at radius 1 is 1.33 bits per heavy atom. The molecule has 0 spiro atoms. The monoisotopic (exact) mass is 204 g/mol. The van der Waals surface area contributed by atoms with E-state index in [-0.39, 0.29) is 5.82 Å². The van der Waals surface area contributed by atoms with Crippen LogP contribution in [0.25, 0.3) is 11.4 Å². The normalized spacial score (nSPS) is 10.0. The highest BCUT2D eigenvalue weighted by molar-refractivity contribution is 5.55. The van der Waals surface area contributed by atoms with Crippen LogP contribution in [0.5, 0.6) is 0 Å². The third-order valence-electron chi connectivity index (χ3n) is 1.90. The largest absolute Gasteiger partial charge is 0.371 e. The first kappa shape index (κ1) is 9.51. The summed E-state index contributed by atoms with van der Waals surface area (Å²) in [5.74, 6) is 0.169. The standard InChI is InChI=1S/C10H9FN4/c1-12-10-8(11)6-14-9(15-10)7-3-2-4-13-5-7/h2-6H,1H3,(H,12,14,15). The zero-order valence-electron chi connectivity index (χ0n) is 8.11. The van der Waals surface area contributed by atoms with Crippen LogP contribution >= 0.6 is 0 Å². The molecule has 0 aliphatic rings. The predicted octanol–water partition coefficient (Wildman–Crippen LogP) is 1.72. The van der Waals surface area contributed by atoms with Crippen molar-refractivity contribution in [3.8, 4) is 11.4 Å². The van der Waals surface area contributed by atoms with E-state index >= 15 is 0 Å². The number of hydrogen-bond donors (Lipinski definition) is 1. The van der Waals surface area contributed by atoms with Gasteiger partial charge in [0.25, 0.3) is 0 Å². The van der Waals surface area contributed by atoms with E-state index in [2.05, 4.69) is 20.3 Å². The Balaban J connectivity index is 2.46. The highest BCUT2D eigenvalue weighted by Gasteiger charge is 2.06. The Bertz CT molecular complexity index is 458. The van der Waals surface area contributed by atoms with Gasteiger partial charge >= 0.3 is 0 Å². The highest BCUT2D eigenvalue weighted by Crippen LogP contribution is 2.16. The first-order valence-electron chi connectivity index (χ1n) is 4.42. The van der Waals surface area contributed by atoms with Crippen molar-refractivity contribution in [2.45, 2.75) is 0 Å². The van der Waals surface area contributed by atoms with Crippen LogP contribution in [0.15, 0.2) is 30.7 Å². The van der Waals surface area contributed by atoms with E-state index in [1.165, 1.54) is 0 Å². The first-order chi connectivity index (χ1) is 7.31. The lowest BCUT2D eigenvalue weighted by molar-refractivity contribution is 0.619. The number of nitrogens with one attached hydrogen (secondary N) is 1. The van der Waals surface area contributed by atoms with Gasteiger partial charge in [-0.2, -0.15) is 0 Å². The summed E-state index contributed by atoms with van der Waals surface area (Å²) in [5.41, 5.74) is 0.758. The molecule has 2 rings (SSSR count). The Kier molecular flexibility index (Phi) is 2.53. The molecule has 0 unspecified atom stereocenters. The average molecular weight is 204 g/mol. The average Bonchev–Trinajstić information content (AvgIpc) is 2.31. The quantitative estimate of drug-likeness (QED) is 0.809. The lowest BCUT2D eigenvalue weighted by Crippen LogP contribution is -1.99. The molecule has 0 radical (unpaired) electrons. The smallest absolute Gasteiger partial charge is 0.183 e.